The minimum atomic E-state index is -0.207. The molecule has 4 heteroatoms. The van der Waals surface area contributed by atoms with Gasteiger partial charge in [-0.2, -0.15) is 0 Å². The Balaban J connectivity index is 1.80. The zero-order chi connectivity index (χ0) is 14.1. The van der Waals surface area contributed by atoms with Crippen LogP contribution in [0.1, 0.15) is 22.3 Å². The van der Waals surface area contributed by atoms with Gasteiger partial charge in [0.05, 0.1) is 0 Å². The van der Waals surface area contributed by atoms with E-state index in [0.717, 1.165) is 13.1 Å². The lowest BCUT2D eigenvalue weighted by Crippen LogP contribution is -2.17. The van der Waals surface area contributed by atoms with Crippen molar-refractivity contribution in [3.8, 4) is 0 Å². The SMILES string of the molecule is NC(=S)c1ccc(F)c(CN2Cc3ccccc3C2)c1. The van der Waals surface area contributed by atoms with Gasteiger partial charge in [-0.3, -0.25) is 4.90 Å². The van der Waals surface area contributed by atoms with Crippen molar-refractivity contribution < 1.29 is 4.39 Å². The zero-order valence-electron chi connectivity index (χ0n) is 11.0. The summed E-state index contributed by atoms with van der Waals surface area (Å²) in [7, 11) is 0. The van der Waals surface area contributed by atoms with Crippen LogP contribution in [0.25, 0.3) is 0 Å². The summed E-state index contributed by atoms with van der Waals surface area (Å²) < 4.78 is 13.9. The summed E-state index contributed by atoms with van der Waals surface area (Å²) in [6.07, 6.45) is 0. The summed E-state index contributed by atoms with van der Waals surface area (Å²) in [5, 5.41) is 0. The lowest BCUT2D eigenvalue weighted by Gasteiger charge is -2.16. The van der Waals surface area contributed by atoms with Crippen LogP contribution in [0.5, 0.6) is 0 Å². The molecule has 0 aromatic heterocycles. The Morgan fingerprint density at radius 2 is 1.80 bits per heavy atom. The number of hydrogen-bond acceptors (Lipinski definition) is 2. The third kappa shape index (κ3) is 2.57. The molecule has 1 aliphatic rings. The smallest absolute Gasteiger partial charge is 0.127 e. The highest BCUT2D eigenvalue weighted by molar-refractivity contribution is 7.80. The Labute approximate surface area is 123 Å². The van der Waals surface area contributed by atoms with Crippen LogP contribution in [0.15, 0.2) is 42.5 Å². The first-order valence-corrected chi connectivity index (χ1v) is 6.91. The number of thiocarbonyl (C=S) groups is 1. The van der Waals surface area contributed by atoms with Crippen LogP contribution in [0.3, 0.4) is 0 Å². The fourth-order valence-corrected chi connectivity index (χ4v) is 2.73. The molecule has 2 nitrogen and oxygen atoms in total. The second-order valence-electron chi connectivity index (χ2n) is 5.08. The van der Waals surface area contributed by atoms with Gasteiger partial charge in [-0.05, 0) is 29.3 Å². The normalized spacial score (nSPS) is 14.2. The van der Waals surface area contributed by atoms with Crippen molar-refractivity contribution in [2.24, 2.45) is 5.73 Å². The molecule has 0 amide bonds. The second kappa shape index (κ2) is 5.31. The fraction of sp³-hybridized carbons (Fsp3) is 0.188. The van der Waals surface area contributed by atoms with Crippen LogP contribution in [-0.2, 0) is 19.6 Å². The lowest BCUT2D eigenvalue weighted by molar-refractivity contribution is 0.271. The van der Waals surface area contributed by atoms with E-state index in [0.29, 0.717) is 22.7 Å². The van der Waals surface area contributed by atoms with E-state index in [-0.39, 0.29) is 5.82 Å². The number of fused-ring (bicyclic) bond motifs is 1. The van der Waals surface area contributed by atoms with Crippen molar-refractivity contribution in [3.63, 3.8) is 0 Å². The van der Waals surface area contributed by atoms with Crippen LogP contribution in [0.2, 0.25) is 0 Å². The highest BCUT2D eigenvalue weighted by Gasteiger charge is 2.19. The van der Waals surface area contributed by atoms with Crippen molar-refractivity contribution in [2.75, 3.05) is 0 Å². The molecule has 0 unspecified atom stereocenters. The van der Waals surface area contributed by atoms with Gasteiger partial charge in [-0.15, -0.1) is 0 Å². The maximum absolute atomic E-state index is 13.9. The predicted molar refractivity (Wildman–Crippen MR) is 81.7 cm³/mol. The lowest BCUT2D eigenvalue weighted by atomic mass is 10.1. The zero-order valence-corrected chi connectivity index (χ0v) is 11.8. The summed E-state index contributed by atoms with van der Waals surface area (Å²) in [4.78, 5) is 2.52. The summed E-state index contributed by atoms with van der Waals surface area (Å²) in [5.74, 6) is -0.207. The van der Waals surface area contributed by atoms with Crippen molar-refractivity contribution in [3.05, 3.63) is 70.5 Å². The van der Waals surface area contributed by atoms with Gasteiger partial charge in [0, 0.05) is 30.8 Å². The molecule has 3 rings (SSSR count). The summed E-state index contributed by atoms with van der Waals surface area (Å²) in [6.45, 7) is 2.27. The average Bonchev–Trinajstić information content (AvgIpc) is 2.83. The topological polar surface area (TPSA) is 29.3 Å². The van der Waals surface area contributed by atoms with Crippen LogP contribution < -0.4 is 5.73 Å². The summed E-state index contributed by atoms with van der Waals surface area (Å²) in [5.41, 5.74) is 9.60. The number of nitrogens with zero attached hydrogens (tertiary/aromatic N) is 1. The molecule has 0 aliphatic carbocycles. The summed E-state index contributed by atoms with van der Waals surface area (Å²) in [6, 6.07) is 13.1. The van der Waals surface area contributed by atoms with E-state index in [1.54, 1.807) is 12.1 Å². The molecule has 0 spiro atoms. The van der Waals surface area contributed by atoms with Gasteiger partial charge >= 0.3 is 0 Å². The monoisotopic (exact) mass is 286 g/mol. The van der Waals surface area contributed by atoms with Crippen molar-refractivity contribution >= 4 is 17.2 Å². The van der Waals surface area contributed by atoms with Gasteiger partial charge in [0.2, 0.25) is 0 Å². The average molecular weight is 286 g/mol. The largest absolute Gasteiger partial charge is 0.389 e. The van der Waals surface area contributed by atoms with Crippen LogP contribution in [0, 0.1) is 5.82 Å². The van der Waals surface area contributed by atoms with E-state index in [1.165, 1.54) is 17.2 Å². The molecule has 20 heavy (non-hydrogen) atoms. The molecule has 102 valence electrons. The van der Waals surface area contributed by atoms with Gasteiger partial charge in [-0.25, -0.2) is 4.39 Å². The van der Waals surface area contributed by atoms with Gasteiger partial charge < -0.3 is 5.73 Å². The third-order valence-corrected chi connectivity index (χ3v) is 3.87. The van der Waals surface area contributed by atoms with E-state index in [2.05, 4.69) is 17.0 Å². The first-order valence-electron chi connectivity index (χ1n) is 6.51. The van der Waals surface area contributed by atoms with Gasteiger partial charge in [0.15, 0.2) is 0 Å². The Bertz CT molecular complexity index is 644. The molecule has 2 aromatic carbocycles. The molecule has 1 aliphatic heterocycles. The van der Waals surface area contributed by atoms with E-state index in [9.17, 15) is 4.39 Å². The third-order valence-electron chi connectivity index (χ3n) is 3.63. The maximum atomic E-state index is 13.9. The highest BCUT2D eigenvalue weighted by atomic mass is 32.1. The first-order chi connectivity index (χ1) is 9.63. The van der Waals surface area contributed by atoms with Gasteiger partial charge in [0.25, 0.3) is 0 Å². The predicted octanol–water partition coefficient (Wildman–Crippen LogP) is 2.98. The van der Waals surface area contributed by atoms with E-state index in [4.69, 9.17) is 18.0 Å². The first kappa shape index (κ1) is 13.2. The van der Waals surface area contributed by atoms with Crippen LogP contribution >= 0.6 is 12.2 Å². The summed E-state index contributed by atoms with van der Waals surface area (Å²) >= 11 is 4.95. The Morgan fingerprint density at radius 1 is 1.15 bits per heavy atom. The quantitative estimate of drug-likeness (QED) is 0.880. The van der Waals surface area contributed by atoms with Gasteiger partial charge in [0.1, 0.15) is 10.8 Å². The molecule has 0 fully saturated rings. The Morgan fingerprint density at radius 3 is 2.40 bits per heavy atom. The number of nitrogens with two attached hydrogens (primary N) is 1. The number of rotatable bonds is 3. The van der Waals surface area contributed by atoms with E-state index >= 15 is 0 Å². The molecule has 0 radical (unpaired) electrons. The number of halogens is 1. The molecule has 1 heterocycles. The molecule has 0 saturated heterocycles. The van der Waals surface area contributed by atoms with Crippen molar-refractivity contribution in [1.29, 1.82) is 0 Å². The fourth-order valence-electron chi connectivity index (χ4n) is 2.61. The molecule has 2 N–H and O–H groups in total. The van der Waals surface area contributed by atoms with Crippen LogP contribution in [0.4, 0.5) is 4.39 Å². The standard InChI is InChI=1S/C16H15FN2S/c17-15-6-5-11(16(18)20)7-14(15)10-19-8-12-3-1-2-4-13(12)9-19/h1-7H,8-10H2,(H2,18,20). The molecular weight excluding hydrogens is 271 g/mol. The Hall–Kier alpha value is -1.78. The van der Waals surface area contributed by atoms with Crippen molar-refractivity contribution in [2.45, 2.75) is 19.6 Å². The minimum absolute atomic E-state index is 0.207. The molecule has 0 saturated carbocycles. The molecular formula is C16H15FN2S. The van der Waals surface area contributed by atoms with Crippen LogP contribution in [-0.4, -0.2) is 9.89 Å². The van der Waals surface area contributed by atoms with Crippen molar-refractivity contribution in [1.82, 2.24) is 4.90 Å². The van der Waals surface area contributed by atoms with Gasteiger partial charge in [-0.1, -0.05) is 36.5 Å². The van der Waals surface area contributed by atoms with E-state index in [1.807, 2.05) is 12.1 Å². The Kier molecular flexibility index (Phi) is 3.51. The number of hydrogen-bond donors (Lipinski definition) is 1. The second-order valence-corrected chi connectivity index (χ2v) is 5.52. The van der Waals surface area contributed by atoms with E-state index < -0.39 is 0 Å². The molecule has 0 atom stereocenters. The minimum Gasteiger partial charge on any atom is -0.389 e. The maximum Gasteiger partial charge on any atom is 0.127 e. The number of benzene rings is 2. The highest BCUT2D eigenvalue weighted by Crippen LogP contribution is 2.24. The molecule has 2 aromatic rings. The molecule has 0 bridgehead atoms.